The minimum absolute atomic E-state index is 0.183. The number of methoxy groups -OCH3 is 2. The van der Waals surface area contributed by atoms with Crippen molar-refractivity contribution in [3.63, 3.8) is 0 Å². The van der Waals surface area contributed by atoms with Crippen molar-refractivity contribution in [2.24, 2.45) is 0 Å². The van der Waals surface area contributed by atoms with Crippen LogP contribution in [0.2, 0.25) is 0 Å². The number of benzene rings is 1. The fourth-order valence-corrected chi connectivity index (χ4v) is 1.90. The van der Waals surface area contributed by atoms with Crippen LogP contribution >= 0.6 is 0 Å². The fraction of sp³-hybridized carbons (Fsp3) is 0.308. The Hall–Kier alpha value is -2.77. The van der Waals surface area contributed by atoms with Gasteiger partial charge in [-0.25, -0.2) is 0 Å². The highest BCUT2D eigenvalue weighted by Gasteiger charge is 2.17. The normalized spacial score (nSPS) is 12.1. The van der Waals surface area contributed by atoms with Crippen LogP contribution in [0.25, 0.3) is 0 Å². The summed E-state index contributed by atoms with van der Waals surface area (Å²) in [5.74, 6) is 1.83. The lowest BCUT2D eigenvalue weighted by molar-refractivity contribution is 0.173. The number of hydrogen-bond donors (Lipinski definition) is 1. The van der Waals surface area contributed by atoms with Gasteiger partial charge in [-0.3, -0.25) is 0 Å². The van der Waals surface area contributed by atoms with Gasteiger partial charge < -0.3 is 24.3 Å². The molecule has 21 heavy (non-hydrogen) atoms. The van der Waals surface area contributed by atoms with Crippen molar-refractivity contribution in [1.82, 2.24) is 15.0 Å². The summed E-state index contributed by atoms with van der Waals surface area (Å²) in [5, 5.41) is 3.08. The Labute approximate surface area is 121 Å². The summed E-state index contributed by atoms with van der Waals surface area (Å²) < 4.78 is 20.8. The standard InChI is InChI=1S/C13H14N4O4/c1-18-12-15-11(16-13(17-12)19-2)14-6-8-4-3-5-9-10(8)21-7-20-9/h3-5H,6-7H2,1-2H3,(H,14,15,16,17). The van der Waals surface area contributed by atoms with Crippen LogP contribution in [-0.4, -0.2) is 36.0 Å². The second kappa shape index (κ2) is 5.70. The lowest BCUT2D eigenvalue weighted by Gasteiger charge is -2.09. The molecule has 110 valence electrons. The number of ether oxygens (including phenoxy) is 4. The molecule has 0 amide bonds. The molecule has 0 bridgehead atoms. The van der Waals surface area contributed by atoms with E-state index < -0.39 is 0 Å². The Morgan fingerprint density at radius 1 is 1.10 bits per heavy atom. The average molecular weight is 290 g/mol. The first kappa shape index (κ1) is 13.2. The van der Waals surface area contributed by atoms with Crippen LogP contribution in [0.4, 0.5) is 5.95 Å². The highest BCUT2D eigenvalue weighted by Crippen LogP contribution is 2.35. The van der Waals surface area contributed by atoms with Gasteiger partial charge in [0.2, 0.25) is 12.7 Å². The minimum atomic E-state index is 0.183. The van der Waals surface area contributed by atoms with Gasteiger partial charge in [0.1, 0.15) is 0 Å². The predicted molar refractivity (Wildman–Crippen MR) is 72.8 cm³/mol. The van der Waals surface area contributed by atoms with E-state index in [4.69, 9.17) is 18.9 Å². The Balaban J connectivity index is 1.77. The Morgan fingerprint density at radius 2 is 1.86 bits per heavy atom. The van der Waals surface area contributed by atoms with Gasteiger partial charge in [-0.1, -0.05) is 12.1 Å². The van der Waals surface area contributed by atoms with Crippen molar-refractivity contribution in [3.05, 3.63) is 23.8 Å². The Morgan fingerprint density at radius 3 is 2.57 bits per heavy atom. The van der Waals surface area contributed by atoms with Gasteiger partial charge >= 0.3 is 12.0 Å². The number of rotatable bonds is 5. The smallest absolute Gasteiger partial charge is 0.324 e. The number of nitrogens with one attached hydrogen (secondary N) is 1. The lowest BCUT2D eigenvalue weighted by atomic mass is 10.2. The molecule has 0 unspecified atom stereocenters. The fourth-order valence-electron chi connectivity index (χ4n) is 1.90. The lowest BCUT2D eigenvalue weighted by Crippen LogP contribution is -2.07. The van der Waals surface area contributed by atoms with Crippen molar-refractivity contribution >= 4 is 5.95 Å². The molecule has 0 saturated carbocycles. The second-order valence-corrected chi connectivity index (χ2v) is 4.14. The maximum absolute atomic E-state index is 5.44. The molecule has 0 fully saturated rings. The maximum Gasteiger partial charge on any atom is 0.324 e. The van der Waals surface area contributed by atoms with E-state index in [2.05, 4.69) is 20.3 Å². The van der Waals surface area contributed by atoms with Crippen LogP contribution in [0.3, 0.4) is 0 Å². The van der Waals surface area contributed by atoms with E-state index in [9.17, 15) is 0 Å². The molecule has 1 aliphatic rings. The van der Waals surface area contributed by atoms with E-state index in [1.165, 1.54) is 14.2 Å². The molecule has 2 heterocycles. The first-order chi connectivity index (χ1) is 10.3. The predicted octanol–water partition coefficient (Wildman–Crippen LogP) is 1.23. The van der Waals surface area contributed by atoms with Crippen LogP contribution < -0.4 is 24.3 Å². The van der Waals surface area contributed by atoms with E-state index in [1.54, 1.807) is 0 Å². The number of anilines is 1. The van der Waals surface area contributed by atoms with E-state index >= 15 is 0 Å². The third-order valence-corrected chi connectivity index (χ3v) is 2.87. The zero-order valence-electron chi connectivity index (χ0n) is 11.6. The van der Waals surface area contributed by atoms with Crippen molar-refractivity contribution in [3.8, 4) is 23.5 Å². The first-order valence-electron chi connectivity index (χ1n) is 6.25. The molecular formula is C13H14N4O4. The van der Waals surface area contributed by atoms with Gasteiger partial charge in [-0.15, -0.1) is 4.98 Å². The molecule has 8 heteroatoms. The van der Waals surface area contributed by atoms with Gasteiger partial charge in [-0.05, 0) is 6.07 Å². The molecule has 0 radical (unpaired) electrons. The molecule has 1 N–H and O–H groups in total. The molecule has 0 saturated heterocycles. The van der Waals surface area contributed by atoms with Gasteiger partial charge in [0.15, 0.2) is 11.5 Å². The summed E-state index contributed by atoms with van der Waals surface area (Å²) in [5.41, 5.74) is 0.948. The molecule has 2 aromatic rings. The number of para-hydroxylation sites is 1. The molecule has 1 aromatic heterocycles. The van der Waals surface area contributed by atoms with Gasteiger partial charge in [0.25, 0.3) is 0 Å². The van der Waals surface area contributed by atoms with Gasteiger partial charge in [-0.2, -0.15) is 9.97 Å². The third kappa shape index (κ3) is 2.73. The number of aromatic nitrogens is 3. The van der Waals surface area contributed by atoms with E-state index in [0.29, 0.717) is 12.5 Å². The summed E-state index contributed by atoms with van der Waals surface area (Å²) in [6.07, 6.45) is 0. The minimum Gasteiger partial charge on any atom is -0.467 e. The SMILES string of the molecule is COc1nc(NCc2cccc3c2OCO3)nc(OC)n1. The molecule has 1 aromatic carbocycles. The molecule has 8 nitrogen and oxygen atoms in total. The maximum atomic E-state index is 5.44. The van der Waals surface area contributed by atoms with Gasteiger partial charge in [0, 0.05) is 12.1 Å². The van der Waals surface area contributed by atoms with Crippen LogP contribution in [-0.2, 0) is 6.54 Å². The molecule has 1 aliphatic heterocycles. The molecular weight excluding hydrogens is 276 g/mol. The number of fused-ring (bicyclic) bond motifs is 1. The van der Waals surface area contributed by atoms with Crippen molar-refractivity contribution in [2.75, 3.05) is 26.3 Å². The zero-order chi connectivity index (χ0) is 14.7. The Bertz CT molecular complexity index is 628. The highest BCUT2D eigenvalue weighted by molar-refractivity contribution is 5.49. The van der Waals surface area contributed by atoms with Crippen molar-refractivity contribution in [1.29, 1.82) is 0 Å². The Kier molecular flexibility index (Phi) is 3.59. The average Bonchev–Trinajstić information content (AvgIpc) is 3.01. The zero-order valence-corrected chi connectivity index (χ0v) is 11.6. The highest BCUT2D eigenvalue weighted by atomic mass is 16.7. The molecule has 3 rings (SSSR count). The van der Waals surface area contributed by atoms with Crippen molar-refractivity contribution < 1.29 is 18.9 Å². The van der Waals surface area contributed by atoms with E-state index in [1.807, 2.05) is 18.2 Å². The summed E-state index contributed by atoms with van der Waals surface area (Å²) in [7, 11) is 2.96. The van der Waals surface area contributed by atoms with Crippen molar-refractivity contribution in [2.45, 2.75) is 6.54 Å². The largest absolute Gasteiger partial charge is 0.467 e. The van der Waals surface area contributed by atoms with Crippen LogP contribution in [0.15, 0.2) is 18.2 Å². The summed E-state index contributed by atoms with van der Waals surface area (Å²) >= 11 is 0. The monoisotopic (exact) mass is 290 g/mol. The summed E-state index contributed by atoms with van der Waals surface area (Å²) in [4.78, 5) is 12.1. The van der Waals surface area contributed by atoms with E-state index in [0.717, 1.165) is 17.1 Å². The molecule has 0 spiro atoms. The molecule has 0 aliphatic carbocycles. The second-order valence-electron chi connectivity index (χ2n) is 4.14. The number of nitrogens with zero attached hydrogens (tertiary/aromatic N) is 3. The third-order valence-electron chi connectivity index (χ3n) is 2.87. The summed E-state index contributed by atoms with van der Waals surface area (Å²) in [6.45, 7) is 0.711. The molecule has 0 atom stereocenters. The quantitative estimate of drug-likeness (QED) is 0.879. The number of hydrogen-bond acceptors (Lipinski definition) is 8. The first-order valence-corrected chi connectivity index (χ1v) is 6.25. The summed E-state index contributed by atoms with van der Waals surface area (Å²) in [6, 6.07) is 6.07. The topological polar surface area (TPSA) is 87.6 Å². The van der Waals surface area contributed by atoms with Gasteiger partial charge in [0.05, 0.1) is 14.2 Å². The van der Waals surface area contributed by atoms with Crippen LogP contribution in [0.1, 0.15) is 5.56 Å². The van der Waals surface area contributed by atoms with Crippen LogP contribution in [0.5, 0.6) is 23.5 Å². The van der Waals surface area contributed by atoms with E-state index in [-0.39, 0.29) is 18.8 Å². The van der Waals surface area contributed by atoms with Crippen LogP contribution in [0, 0.1) is 0 Å².